The highest BCUT2D eigenvalue weighted by Crippen LogP contribution is 2.45. The zero-order valence-electron chi connectivity index (χ0n) is 11.0. The first-order valence-corrected chi connectivity index (χ1v) is 7.73. The first kappa shape index (κ1) is 12.4. The van der Waals surface area contributed by atoms with Crippen LogP contribution in [0.1, 0.15) is 62.4 Å². The van der Waals surface area contributed by atoms with Crippen molar-refractivity contribution in [1.29, 1.82) is 0 Å². The maximum absolute atomic E-state index is 4.86. The smallest absolute Gasteiger partial charge is 0.144 e. The summed E-state index contributed by atoms with van der Waals surface area (Å²) in [5.41, 5.74) is 1.23. The van der Waals surface area contributed by atoms with Crippen molar-refractivity contribution in [2.24, 2.45) is 5.92 Å². The average Bonchev–Trinajstić information content (AvgIpc) is 3.12. The van der Waals surface area contributed by atoms with E-state index in [2.05, 4.69) is 28.2 Å². The number of aromatic nitrogens is 2. The van der Waals surface area contributed by atoms with Crippen LogP contribution in [0, 0.1) is 5.92 Å². The molecule has 0 spiro atoms. The number of nitrogens with zero attached hydrogens (tertiary/aromatic N) is 2. The highest BCUT2D eigenvalue weighted by molar-refractivity contribution is 9.10. The summed E-state index contributed by atoms with van der Waals surface area (Å²) in [5.74, 6) is 4.07. The molecule has 2 aliphatic rings. The third kappa shape index (κ3) is 2.27. The van der Waals surface area contributed by atoms with Crippen LogP contribution in [-0.4, -0.2) is 17.0 Å². The molecule has 1 heterocycles. The molecule has 2 fully saturated rings. The van der Waals surface area contributed by atoms with E-state index in [0.717, 1.165) is 22.0 Å². The Balaban J connectivity index is 1.96. The lowest BCUT2D eigenvalue weighted by Crippen LogP contribution is -2.08. The second-order valence-electron chi connectivity index (χ2n) is 5.77. The minimum absolute atomic E-state index is 0.567. The number of nitrogens with one attached hydrogen (secondary N) is 1. The monoisotopic (exact) mass is 309 g/mol. The summed E-state index contributed by atoms with van der Waals surface area (Å²) in [6.45, 7) is 2.33. The summed E-state index contributed by atoms with van der Waals surface area (Å²) < 4.78 is 1.07. The molecular weight excluding hydrogens is 290 g/mol. The standard InChI is InChI=1S/C14H20BrN3/c1-8-3-4-10(7-8)13-17-12(9-5-6-9)11(15)14(16-2)18-13/h8-10H,3-7H2,1-2H3,(H,16,17,18). The van der Waals surface area contributed by atoms with Crippen molar-refractivity contribution in [2.75, 3.05) is 12.4 Å². The number of hydrogen-bond acceptors (Lipinski definition) is 3. The first-order chi connectivity index (χ1) is 8.69. The average molecular weight is 310 g/mol. The van der Waals surface area contributed by atoms with Crippen molar-refractivity contribution in [1.82, 2.24) is 9.97 Å². The molecule has 0 amide bonds. The largest absolute Gasteiger partial charge is 0.372 e. The third-order valence-electron chi connectivity index (χ3n) is 4.15. The molecule has 2 aliphatic carbocycles. The van der Waals surface area contributed by atoms with Crippen LogP contribution < -0.4 is 5.32 Å². The van der Waals surface area contributed by atoms with Crippen LogP contribution in [0.15, 0.2) is 4.47 Å². The van der Waals surface area contributed by atoms with Crippen LogP contribution in [0.5, 0.6) is 0 Å². The molecule has 2 atom stereocenters. The van der Waals surface area contributed by atoms with Crippen molar-refractivity contribution in [3.63, 3.8) is 0 Å². The molecule has 0 bridgehead atoms. The number of rotatable bonds is 3. The fourth-order valence-corrected chi connectivity index (χ4v) is 3.60. The quantitative estimate of drug-likeness (QED) is 0.915. The Kier molecular flexibility index (Phi) is 3.31. The number of anilines is 1. The molecule has 1 aromatic heterocycles. The lowest BCUT2D eigenvalue weighted by Gasteiger charge is -2.14. The van der Waals surface area contributed by atoms with E-state index in [0.29, 0.717) is 11.8 Å². The van der Waals surface area contributed by atoms with Gasteiger partial charge in [-0.25, -0.2) is 9.97 Å². The van der Waals surface area contributed by atoms with Crippen LogP contribution in [-0.2, 0) is 0 Å². The van der Waals surface area contributed by atoms with Gasteiger partial charge in [0.05, 0.1) is 10.2 Å². The van der Waals surface area contributed by atoms with Crippen LogP contribution >= 0.6 is 15.9 Å². The predicted octanol–water partition coefficient (Wildman–Crippen LogP) is 4.06. The van der Waals surface area contributed by atoms with Crippen LogP contribution in [0.25, 0.3) is 0 Å². The van der Waals surface area contributed by atoms with Gasteiger partial charge >= 0.3 is 0 Å². The van der Waals surface area contributed by atoms with E-state index in [1.165, 1.54) is 37.8 Å². The predicted molar refractivity (Wildman–Crippen MR) is 77.0 cm³/mol. The molecule has 0 radical (unpaired) electrons. The van der Waals surface area contributed by atoms with Gasteiger partial charge < -0.3 is 5.32 Å². The Morgan fingerprint density at radius 2 is 1.83 bits per heavy atom. The highest BCUT2D eigenvalue weighted by atomic mass is 79.9. The molecule has 1 aromatic rings. The maximum atomic E-state index is 4.86. The topological polar surface area (TPSA) is 37.8 Å². The van der Waals surface area contributed by atoms with E-state index in [1.807, 2.05) is 7.05 Å². The molecule has 3 nitrogen and oxygen atoms in total. The molecule has 2 saturated carbocycles. The minimum Gasteiger partial charge on any atom is -0.372 e. The minimum atomic E-state index is 0.567. The van der Waals surface area contributed by atoms with E-state index >= 15 is 0 Å². The zero-order valence-corrected chi connectivity index (χ0v) is 12.6. The van der Waals surface area contributed by atoms with Crippen LogP contribution in [0.2, 0.25) is 0 Å². The Hall–Kier alpha value is -0.640. The van der Waals surface area contributed by atoms with E-state index in [1.54, 1.807) is 0 Å². The number of hydrogen-bond donors (Lipinski definition) is 1. The maximum Gasteiger partial charge on any atom is 0.144 e. The summed E-state index contributed by atoms with van der Waals surface area (Å²) in [7, 11) is 1.94. The van der Waals surface area contributed by atoms with Crippen LogP contribution in [0.4, 0.5) is 5.82 Å². The Bertz CT molecular complexity index is 457. The second-order valence-corrected chi connectivity index (χ2v) is 6.56. The fraction of sp³-hybridized carbons (Fsp3) is 0.714. The normalized spacial score (nSPS) is 27.5. The molecule has 1 N–H and O–H groups in total. The molecule has 98 valence electrons. The second kappa shape index (κ2) is 4.80. The molecule has 18 heavy (non-hydrogen) atoms. The fourth-order valence-electron chi connectivity index (χ4n) is 2.90. The summed E-state index contributed by atoms with van der Waals surface area (Å²) in [5, 5.41) is 3.20. The van der Waals surface area contributed by atoms with Gasteiger partial charge in [-0.1, -0.05) is 6.92 Å². The van der Waals surface area contributed by atoms with Crippen molar-refractivity contribution >= 4 is 21.7 Å². The van der Waals surface area contributed by atoms with Crippen molar-refractivity contribution < 1.29 is 0 Å². The molecule has 2 unspecified atom stereocenters. The van der Waals surface area contributed by atoms with E-state index in [-0.39, 0.29) is 0 Å². The number of halogens is 1. The van der Waals surface area contributed by atoms with E-state index < -0.39 is 0 Å². The SMILES string of the molecule is CNc1nc(C2CCC(C)C2)nc(C2CC2)c1Br. The Morgan fingerprint density at radius 1 is 1.11 bits per heavy atom. The summed E-state index contributed by atoms with van der Waals surface area (Å²) in [4.78, 5) is 9.57. The molecule has 3 rings (SSSR count). The molecular formula is C14H20BrN3. The highest BCUT2D eigenvalue weighted by Gasteiger charge is 2.32. The van der Waals surface area contributed by atoms with Gasteiger partial charge in [-0.15, -0.1) is 0 Å². The summed E-state index contributed by atoms with van der Waals surface area (Å²) in [6, 6.07) is 0. The van der Waals surface area contributed by atoms with Gasteiger partial charge in [0, 0.05) is 18.9 Å². The third-order valence-corrected chi connectivity index (χ3v) is 4.94. The van der Waals surface area contributed by atoms with Gasteiger partial charge in [0.1, 0.15) is 11.6 Å². The molecule has 0 saturated heterocycles. The van der Waals surface area contributed by atoms with Crippen molar-refractivity contribution in [3.8, 4) is 0 Å². The van der Waals surface area contributed by atoms with Gasteiger partial charge in [0.15, 0.2) is 0 Å². The lowest BCUT2D eigenvalue weighted by molar-refractivity contribution is 0.584. The molecule has 0 aromatic carbocycles. The van der Waals surface area contributed by atoms with Gasteiger partial charge in [-0.3, -0.25) is 0 Å². The molecule has 0 aliphatic heterocycles. The zero-order chi connectivity index (χ0) is 12.7. The van der Waals surface area contributed by atoms with Crippen molar-refractivity contribution in [2.45, 2.75) is 50.9 Å². The lowest BCUT2D eigenvalue weighted by atomic mass is 10.1. The Labute approximate surface area is 117 Å². The van der Waals surface area contributed by atoms with Crippen molar-refractivity contribution in [3.05, 3.63) is 16.0 Å². The molecule has 4 heteroatoms. The van der Waals surface area contributed by atoms with E-state index in [4.69, 9.17) is 9.97 Å². The van der Waals surface area contributed by atoms with Crippen LogP contribution in [0.3, 0.4) is 0 Å². The first-order valence-electron chi connectivity index (χ1n) is 6.94. The Morgan fingerprint density at radius 3 is 2.39 bits per heavy atom. The van der Waals surface area contributed by atoms with Gasteiger partial charge in [0.2, 0.25) is 0 Å². The summed E-state index contributed by atoms with van der Waals surface area (Å²) in [6.07, 6.45) is 6.36. The van der Waals surface area contributed by atoms with Gasteiger partial charge in [-0.05, 0) is 54.0 Å². The van der Waals surface area contributed by atoms with Gasteiger partial charge in [0.25, 0.3) is 0 Å². The van der Waals surface area contributed by atoms with Gasteiger partial charge in [-0.2, -0.15) is 0 Å². The summed E-state index contributed by atoms with van der Waals surface area (Å²) >= 11 is 3.65. The van der Waals surface area contributed by atoms with E-state index in [9.17, 15) is 0 Å².